The predicted molar refractivity (Wildman–Crippen MR) is 163 cm³/mol. The second kappa shape index (κ2) is 11.9. The molecule has 0 unspecified atom stereocenters. The zero-order chi connectivity index (χ0) is 29.3. The van der Waals surface area contributed by atoms with Gasteiger partial charge in [-0.15, -0.1) is 0 Å². The van der Waals surface area contributed by atoms with E-state index in [1.165, 1.54) is 23.2 Å². The first-order valence-electron chi connectivity index (χ1n) is 14.0. The number of nitrogens with one attached hydrogen (secondary N) is 3. The molecular formula is C30H37ClFN9. The van der Waals surface area contributed by atoms with E-state index in [1.54, 1.807) is 6.07 Å². The lowest BCUT2D eigenvalue weighted by atomic mass is 9.86. The van der Waals surface area contributed by atoms with Gasteiger partial charge in [-0.1, -0.05) is 24.6 Å². The van der Waals surface area contributed by atoms with Crippen LogP contribution in [0.1, 0.15) is 65.9 Å². The van der Waals surface area contributed by atoms with Crippen LogP contribution in [-0.4, -0.2) is 47.9 Å². The van der Waals surface area contributed by atoms with E-state index in [9.17, 15) is 0 Å². The number of hydrogen-bond donors (Lipinski definition) is 3. The molecule has 1 aliphatic heterocycles. The number of aromatic nitrogens is 6. The molecule has 1 aromatic carbocycles. The standard InChI is InChI=1S/C30H37ClFN9/c1-7-8-26(28-19(4)39-40(6)20(28)5)41-11-9-21(10-12-41)22-15-24(32)25(13-17(22)2)34-30-33-16-23(31)29(36-30)35-27-14-18(3)37-38-27/h8,13-16,21H,7,9-12H2,1-6H3,(H3,33,34,35,36,37,38)/b26-8+. The molecule has 1 aliphatic rings. The molecule has 9 nitrogen and oxygen atoms in total. The Morgan fingerprint density at radius 2 is 1.90 bits per heavy atom. The van der Waals surface area contributed by atoms with Crippen molar-refractivity contribution >= 4 is 40.6 Å². The quantitative estimate of drug-likeness (QED) is 0.206. The maximum absolute atomic E-state index is 15.4. The number of benzene rings is 1. The van der Waals surface area contributed by atoms with E-state index in [-0.39, 0.29) is 17.7 Å². The van der Waals surface area contributed by atoms with Crippen molar-refractivity contribution in [3.05, 3.63) is 75.1 Å². The number of anilines is 4. The first-order chi connectivity index (χ1) is 19.6. The lowest BCUT2D eigenvalue weighted by Gasteiger charge is -2.36. The van der Waals surface area contributed by atoms with Gasteiger partial charge in [0.25, 0.3) is 0 Å². The molecule has 0 bridgehead atoms. The van der Waals surface area contributed by atoms with Gasteiger partial charge < -0.3 is 15.5 Å². The third-order valence-electron chi connectivity index (χ3n) is 7.74. The number of rotatable bonds is 8. The summed E-state index contributed by atoms with van der Waals surface area (Å²) in [4.78, 5) is 11.1. The van der Waals surface area contributed by atoms with Crippen LogP contribution in [-0.2, 0) is 7.05 Å². The van der Waals surface area contributed by atoms with Crippen molar-refractivity contribution in [3.8, 4) is 0 Å². The number of allylic oxidation sites excluding steroid dienone is 1. The molecule has 11 heteroatoms. The third-order valence-corrected chi connectivity index (χ3v) is 8.01. The molecule has 0 saturated carbocycles. The van der Waals surface area contributed by atoms with Crippen LogP contribution >= 0.6 is 11.6 Å². The highest BCUT2D eigenvalue weighted by atomic mass is 35.5. The summed E-state index contributed by atoms with van der Waals surface area (Å²) in [5.74, 6) is 1.14. The van der Waals surface area contributed by atoms with E-state index in [4.69, 9.17) is 11.6 Å². The Kier molecular flexibility index (Phi) is 8.30. The summed E-state index contributed by atoms with van der Waals surface area (Å²) in [5, 5.41) is 18.1. The summed E-state index contributed by atoms with van der Waals surface area (Å²) < 4.78 is 17.4. The van der Waals surface area contributed by atoms with Gasteiger partial charge in [-0.2, -0.15) is 15.2 Å². The Bertz CT molecular complexity index is 1580. The predicted octanol–water partition coefficient (Wildman–Crippen LogP) is 7.08. The van der Waals surface area contributed by atoms with Crippen LogP contribution in [0.4, 0.5) is 27.7 Å². The van der Waals surface area contributed by atoms with Crippen molar-refractivity contribution in [1.82, 2.24) is 34.8 Å². The van der Waals surface area contributed by atoms with Gasteiger partial charge in [0, 0.05) is 48.9 Å². The van der Waals surface area contributed by atoms with Crippen molar-refractivity contribution in [3.63, 3.8) is 0 Å². The second-order valence-electron chi connectivity index (χ2n) is 10.7. The number of piperidine rings is 1. The minimum Gasteiger partial charge on any atom is -0.371 e. The third kappa shape index (κ3) is 6.07. The van der Waals surface area contributed by atoms with E-state index in [1.807, 2.05) is 37.7 Å². The Hall–Kier alpha value is -3.92. The minimum atomic E-state index is -0.336. The lowest BCUT2D eigenvalue weighted by Crippen LogP contribution is -2.32. The highest BCUT2D eigenvalue weighted by molar-refractivity contribution is 6.32. The number of likely N-dealkylation sites (tertiary alicyclic amines) is 1. The van der Waals surface area contributed by atoms with Gasteiger partial charge in [0.1, 0.15) is 10.8 Å². The summed E-state index contributed by atoms with van der Waals surface area (Å²) in [6.07, 6.45) is 6.64. The smallest absolute Gasteiger partial charge is 0.229 e. The first-order valence-corrected chi connectivity index (χ1v) is 14.4. The van der Waals surface area contributed by atoms with Gasteiger partial charge in [0.2, 0.25) is 5.95 Å². The minimum absolute atomic E-state index is 0.236. The fraction of sp³-hybridized carbons (Fsp3) is 0.400. The molecule has 0 radical (unpaired) electrons. The van der Waals surface area contributed by atoms with Crippen LogP contribution in [0.5, 0.6) is 0 Å². The Labute approximate surface area is 245 Å². The molecule has 5 rings (SSSR count). The van der Waals surface area contributed by atoms with Crippen molar-refractivity contribution in [2.45, 2.75) is 59.8 Å². The molecule has 0 atom stereocenters. The van der Waals surface area contributed by atoms with Crippen molar-refractivity contribution < 1.29 is 4.39 Å². The molecule has 4 aromatic rings. The van der Waals surface area contributed by atoms with Crippen LogP contribution in [0.2, 0.25) is 5.02 Å². The molecule has 3 N–H and O–H groups in total. The monoisotopic (exact) mass is 577 g/mol. The first kappa shape index (κ1) is 28.6. The van der Waals surface area contributed by atoms with E-state index in [0.717, 1.165) is 54.9 Å². The fourth-order valence-electron chi connectivity index (χ4n) is 5.63. The number of halogens is 2. The SMILES string of the molecule is CC/C=C(\c1c(C)nn(C)c1C)N1CCC(c2cc(F)c(Nc3ncc(Cl)c(Nc4cc(C)[nH]n4)n3)cc2C)CC1. The molecule has 0 amide bonds. The average molecular weight is 578 g/mol. The fourth-order valence-corrected chi connectivity index (χ4v) is 5.77. The molecule has 3 aromatic heterocycles. The summed E-state index contributed by atoms with van der Waals surface area (Å²) in [6.45, 7) is 12.1. The topological polar surface area (TPSA) is 99.6 Å². The van der Waals surface area contributed by atoms with Crippen LogP contribution in [0, 0.1) is 33.5 Å². The molecule has 0 spiro atoms. The zero-order valence-corrected chi connectivity index (χ0v) is 25.2. The van der Waals surface area contributed by atoms with Gasteiger partial charge in [0.15, 0.2) is 11.6 Å². The maximum Gasteiger partial charge on any atom is 0.229 e. The molecule has 216 valence electrons. The average Bonchev–Trinajstić information content (AvgIpc) is 3.47. The second-order valence-corrected chi connectivity index (χ2v) is 11.1. The van der Waals surface area contributed by atoms with E-state index < -0.39 is 0 Å². The molecule has 41 heavy (non-hydrogen) atoms. The summed E-state index contributed by atoms with van der Waals surface area (Å²) in [7, 11) is 1.99. The van der Waals surface area contributed by atoms with E-state index in [0.29, 0.717) is 22.3 Å². The van der Waals surface area contributed by atoms with Crippen LogP contribution < -0.4 is 10.6 Å². The number of aromatic amines is 1. The number of H-pyrrole nitrogens is 1. The Morgan fingerprint density at radius 1 is 1.15 bits per heavy atom. The lowest BCUT2D eigenvalue weighted by molar-refractivity contribution is 0.297. The van der Waals surface area contributed by atoms with Crippen LogP contribution in [0.3, 0.4) is 0 Å². The van der Waals surface area contributed by atoms with Crippen LogP contribution in [0.15, 0.2) is 30.5 Å². The maximum atomic E-state index is 15.4. The van der Waals surface area contributed by atoms with Gasteiger partial charge in [-0.05, 0) is 76.1 Å². The highest BCUT2D eigenvalue weighted by Crippen LogP contribution is 2.37. The molecular weight excluding hydrogens is 541 g/mol. The highest BCUT2D eigenvalue weighted by Gasteiger charge is 2.27. The van der Waals surface area contributed by atoms with Gasteiger partial charge in [0.05, 0.1) is 17.6 Å². The number of hydrogen-bond acceptors (Lipinski definition) is 7. The number of nitrogens with zero attached hydrogens (tertiary/aromatic N) is 6. The van der Waals surface area contributed by atoms with Crippen LogP contribution in [0.25, 0.3) is 5.70 Å². The summed E-state index contributed by atoms with van der Waals surface area (Å²) in [6, 6.07) is 5.33. The van der Waals surface area contributed by atoms with Crippen molar-refractivity contribution in [2.24, 2.45) is 7.05 Å². The Morgan fingerprint density at radius 3 is 2.54 bits per heavy atom. The Balaban J connectivity index is 1.29. The summed E-state index contributed by atoms with van der Waals surface area (Å²) in [5.41, 5.74) is 8.03. The molecule has 1 fully saturated rings. The van der Waals surface area contributed by atoms with E-state index >= 15 is 4.39 Å². The van der Waals surface area contributed by atoms with Crippen molar-refractivity contribution in [2.75, 3.05) is 23.7 Å². The number of aryl methyl sites for hydroxylation is 4. The summed E-state index contributed by atoms with van der Waals surface area (Å²) >= 11 is 6.28. The van der Waals surface area contributed by atoms with Gasteiger partial charge in [-0.25, -0.2) is 9.37 Å². The molecule has 4 heterocycles. The normalized spacial score (nSPS) is 14.5. The molecule has 0 aliphatic carbocycles. The zero-order valence-electron chi connectivity index (χ0n) is 24.4. The molecule has 1 saturated heterocycles. The van der Waals surface area contributed by atoms with E-state index in [2.05, 4.69) is 67.6 Å². The van der Waals surface area contributed by atoms with Gasteiger partial charge >= 0.3 is 0 Å². The largest absolute Gasteiger partial charge is 0.371 e. The van der Waals surface area contributed by atoms with Crippen molar-refractivity contribution in [1.29, 1.82) is 0 Å². The van der Waals surface area contributed by atoms with Gasteiger partial charge in [-0.3, -0.25) is 9.78 Å².